The van der Waals surface area contributed by atoms with Gasteiger partial charge in [-0.15, -0.1) is 0 Å². The van der Waals surface area contributed by atoms with Crippen molar-refractivity contribution in [2.75, 3.05) is 17.8 Å². The minimum absolute atomic E-state index is 0.0439. The molecule has 0 aromatic carbocycles. The Balaban J connectivity index is 4.93. The molecule has 0 aliphatic rings. The van der Waals surface area contributed by atoms with Gasteiger partial charge in [0.25, 0.3) is 0 Å². The van der Waals surface area contributed by atoms with Crippen molar-refractivity contribution in [3.05, 3.63) is 0 Å². The molecule has 7 N–H and O–H groups in total. The fourth-order valence-corrected chi connectivity index (χ4v) is 2.17. The van der Waals surface area contributed by atoms with Crippen LogP contribution >= 0.6 is 24.4 Å². The molecule has 23 heavy (non-hydrogen) atoms. The highest BCUT2D eigenvalue weighted by Crippen LogP contribution is 2.03. The molecule has 132 valence electrons. The zero-order valence-electron chi connectivity index (χ0n) is 12.7. The molecule has 9 nitrogen and oxygen atoms in total. The Bertz CT molecular complexity index is 449. The van der Waals surface area contributed by atoms with E-state index in [-0.39, 0.29) is 12.2 Å². The quantitative estimate of drug-likeness (QED) is 0.228. The lowest BCUT2D eigenvalue weighted by molar-refractivity contribution is -0.142. The van der Waals surface area contributed by atoms with Crippen molar-refractivity contribution in [2.45, 2.75) is 31.0 Å². The summed E-state index contributed by atoms with van der Waals surface area (Å²) in [5.41, 5.74) is 10.5. The molecular weight excluding hydrogens is 344 g/mol. The summed E-state index contributed by atoms with van der Waals surface area (Å²) >= 11 is 5.29. The summed E-state index contributed by atoms with van der Waals surface area (Å²) in [7, 11) is 0. The number of hydrogen-bond donors (Lipinski definition) is 6. The number of thioether (sulfide) groups is 1. The highest BCUT2D eigenvalue weighted by atomic mass is 32.2. The molecule has 0 aliphatic heterocycles. The van der Waals surface area contributed by atoms with Crippen LogP contribution in [0.1, 0.15) is 12.8 Å². The lowest BCUT2D eigenvalue weighted by Crippen LogP contribution is -2.55. The fourth-order valence-electron chi connectivity index (χ4n) is 1.54. The lowest BCUT2D eigenvalue weighted by atomic mass is 10.1. The SMILES string of the molecule is CSCCC(NC(=O)C(CC(N)=O)NC(=O)C(N)CS)C(=O)O. The Morgan fingerprint density at radius 1 is 1.17 bits per heavy atom. The Labute approximate surface area is 143 Å². The third-order valence-corrected chi connectivity index (χ3v) is 3.83. The van der Waals surface area contributed by atoms with Gasteiger partial charge in [-0.3, -0.25) is 14.4 Å². The first-order valence-corrected chi connectivity index (χ1v) is 8.72. The van der Waals surface area contributed by atoms with Crippen LogP contribution in [0.2, 0.25) is 0 Å². The summed E-state index contributed by atoms with van der Waals surface area (Å²) in [5.74, 6) is -2.95. The Morgan fingerprint density at radius 2 is 1.74 bits per heavy atom. The van der Waals surface area contributed by atoms with Gasteiger partial charge in [0.15, 0.2) is 0 Å². The van der Waals surface area contributed by atoms with Crippen molar-refractivity contribution in [3.63, 3.8) is 0 Å². The summed E-state index contributed by atoms with van der Waals surface area (Å²) < 4.78 is 0. The average molecular weight is 366 g/mol. The number of carbonyl (C=O) groups excluding carboxylic acids is 3. The zero-order chi connectivity index (χ0) is 18.0. The Morgan fingerprint density at radius 3 is 2.17 bits per heavy atom. The van der Waals surface area contributed by atoms with Crippen LogP contribution in [0.3, 0.4) is 0 Å². The van der Waals surface area contributed by atoms with Gasteiger partial charge in [-0.05, 0) is 18.4 Å². The van der Waals surface area contributed by atoms with Gasteiger partial charge in [0.2, 0.25) is 17.7 Å². The molecule has 0 bridgehead atoms. The molecule has 0 aliphatic carbocycles. The van der Waals surface area contributed by atoms with Gasteiger partial charge in [0.05, 0.1) is 12.5 Å². The second-order valence-corrected chi connectivity index (χ2v) is 6.05. The largest absolute Gasteiger partial charge is 0.480 e. The van der Waals surface area contributed by atoms with E-state index in [2.05, 4.69) is 23.3 Å². The number of rotatable bonds is 11. The number of primary amides is 1. The van der Waals surface area contributed by atoms with Crippen LogP contribution in [-0.2, 0) is 19.2 Å². The molecule has 0 heterocycles. The Hall–Kier alpha value is -1.46. The van der Waals surface area contributed by atoms with E-state index in [1.807, 2.05) is 0 Å². The number of carboxylic acid groups (broad SMARTS) is 1. The molecule has 3 amide bonds. The van der Waals surface area contributed by atoms with Crippen LogP contribution in [0.5, 0.6) is 0 Å². The van der Waals surface area contributed by atoms with Crippen molar-refractivity contribution in [1.82, 2.24) is 10.6 Å². The number of hydrogen-bond acceptors (Lipinski definition) is 7. The van der Waals surface area contributed by atoms with Crippen LogP contribution in [0, 0.1) is 0 Å². The number of nitrogens with two attached hydrogens (primary N) is 2. The second-order valence-electron chi connectivity index (χ2n) is 4.70. The van der Waals surface area contributed by atoms with Gasteiger partial charge >= 0.3 is 5.97 Å². The number of nitrogens with one attached hydrogen (secondary N) is 2. The number of carbonyl (C=O) groups is 4. The van der Waals surface area contributed by atoms with E-state index in [0.29, 0.717) is 5.75 Å². The van der Waals surface area contributed by atoms with E-state index in [4.69, 9.17) is 16.6 Å². The highest BCUT2D eigenvalue weighted by Gasteiger charge is 2.28. The standard InChI is InChI=1S/C12H22N4O5S2/c1-23-3-2-7(12(20)21)15-11(19)8(4-9(14)17)16-10(18)6(13)5-22/h6-8,22H,2-5,13H2,1H3,(H2,14,17)(H,15,19)(H,16,18)(H,20,21). The maximum atomic E-state index is 12.1. The molecule has 0 rings (SSSR count). The first-order valence-electron chi connectivity index (χ1n) is 6.70. The normalized spacial score (nSPS) is 14.4. The minimum atomic E-state index is -1.29. The van der Waals surface area contributed by atoms with Crippen LogP contribution < -0.4 is 22.1 Å². The zero-order valence-corrected chi connectivity index (χ0v) is 14.4. The molecule has 0 fully saturated rings. The van der Waals surface area contributed by atoms with Gasteiger partial charge < -0.3 is 27.2 Å². The summed E-state index contributed by atoms with van der Waals surface area (Å²) in [4.78, 5) is 46.0. The van der Waals surface area contributed by atoms with E-state index in [1.54, 1.807) is 6.26 Å². The molecule has 0 aromatic rings. The number of amides is 3. The molecule has 0 spiro atoms. The summed E-state index contributed by atoms with van der Waals surface area (Å²) in [6, 6.07) is -3.38. The van der Waals surface area contributed by atoms with Crippen molar-refractivity contribution in [3.8, 4) is 0 Å². The van der Waals surface area contributed by atoms with Gasteiger partial charge in [-0.2, -0.15) is 24.4 Å². The van der Waals surface area contributed by atoms with Crippen molar-refractivity contribution < 1.29 is 24.3 Å². The van der Waals surface area contributed by atoms with E-state index < -0.39 is 48.2 Å². The van der Waals surface area contributed by atoms with Crippen LogP contribution in [0.15, 0.2) is 0 Å². The predicted molar refractivity (Wildman–Crippen MR) is 90.1 cm³/mol. The van der Waals surface area contributed by atoms with Crippen LogP contribution in [-0.4, -0.2) is 64.7 Å². The number of thiol groups is 1. The fraction of sp³-hybridized carbons (Fsp3) is 0.667. The summed E-state index contributed by atoms with van der Waals surface area (Å²) in [5, 5.41) is 13.6. The number of carboxylic acids is 1. The first-order chi connectivity index (χ1) is 10.7. The lowest BCUT2D eigenvalue weighted by Gasteiger charge is -2.21. The highest BCUT2D eigenvalue weighted by molar-refractivity contribution is 7.98. The van der Waals surface area contributed by atoms with Gasteiger partial charge in [-0.1, -0.05) is 0 Å². The van der Waals surface area contributed by atoms with Gasteiger partial charge in [-0.25, -0.2) is 4.79 Å². The molecule has 11 heteroatoms. The van der Waals surface area contributed by atoms with Gasteiger partial charge in [0, 0.05) is 5.75 Å². The van der Waals surface area contributed by atoms with E-state index in [1.165, 1.54) is 11.8 Å². The van der Waals surface area contributed by atoms with E-state index in [9.17, 15) is 19.2 Å². The minimum Gasteiger partial charge on any atom is -0.480 e. The molecular formula is C12H22N4O5S2. The smallest absolute Gasteiger partial charge is 0.326 e. The third kappa shape index (κ3) is 8.67. The maximum Gasteiger partial charge on any atom is 0.326 e. The topological polar surface area (TPSA) is 165 Å². The maximum absolute atomic E-state index is 12.1. The van der Waals surface area contributed by atoms with Gasteiger partial charge in [0.1, 0.15) is 12.1 Å². The second kappa shape index (κ2) is 11.1. The predicted octanol–water partition coefficient (Wildman–Crippen LogP) is -2.07. The third-order valence-electron chi connectivity index (χ3n) is 2.80. The summed E-state index contributed by atoms with van der Waals surface area (Å²) in [6.45, 7) is 0. The molecule has 0 aromatic heterocycles. The molecule has 0 radical (unpaired) electrons. The van der Waals surface area contributed by atoms with Crippen LogP contribution in [0.4, 0.5) is 0 Å². The monoisotopic (exact) mass is 366 g/mol. The molecule has 3 atom stereocenters. The van der Waals surface area contributed by atoms with E-state index >= 15 is 0 Å². The van der Waals surface area contributed by atoms with E-state index in [0.717, 1.165) is 0 Å². The van der Waals surface area contributed by atoms with Crippen molar-refractivity contribution in [2.24, 2.45) is 11.5 Å². The van der Waals surface area contributed by atoms with Crippen LogP contribution in [0.25, 0.3) is 0 Å². The molecule has 0 saturated carbocycles. The average Bonchev–Trinajstić information content (AvgIpc) is 2.48. The molecule has 3 unspecified atom stereocenters. The molecule has 0 saturated heterocycles. The van der Waals surface area contributed by atoms with Crippen molar-refractivity contribution >= 4 is 48.1 Å². The Kier molecular flexibility index (Phi) is 10.4. The summed E-state index contributed by atoms with van der Waals surface area (Å²) in [6.07, 6.45) is 1.54. The first kappa shape index (κ1) is 21.5. The number of aliphatic carboxylic acids is 1. The van der Waals surface area contributed by atoms with Crippen molar-refractivity contribution in [1.29, 1.82) is 0 Å².